The molecular weight excluding hydrogens is 322 g/mol. The van der Waals surface area contributed by atoms with Crippen LogP contribution in [0.4, 0.5) is 0 Å². The van der Waals surface area contributed by atoms with Crippen molar-refractivity contribution in [3.05, 3.63) is 38.6 Å². The Hall–Kier alpha value is -0.710. The fourth-order valence-electron chi connectivity index (χ4n) is 2.06. The Morgan fingerprint density at radius 3 is 2.74 bits per heavy atom. The highest BCUT2D eigenvalue weighted by molar-refractivity contribution is 9.10. The molecule has 0 radical (unpaired) electrons. The predicted octanol–water partition coefficient (Wildman–Crippen LogP) is 5.37. The Bertz CT molecular complexity index is 553. The summed E-state index contributed by atoms with van der Waals surface area (Å²) in [5.74, 6) is 0. The third kappa shape index (κ3) is 3.25. The predicted molar refractivity (Wildman–Crippen MR) is 84.6 cm³/mol. The van der Waals surface area contributed by atoms with E-state index in [4.69, 9.17) is 9.72 Å². The Morgan fingerprint density at radius 1 is 1.37 bits per heavy atom. The van der Waals surface area contributed by atoms with Gasteiger partial charge in [-0.1, -0.05) is 47.5 Å². The van der Waals surface area contributed by atoms with E-state index in [0.717, 1.165) is 33.6 Å². The van der Waals surface area contributed by atoms with Crippen LogP contribution in [0.2, 0.25) is 0 Å². The lowest BCUT2D eigenvalue weighted by atomic mass is 10.1. The second-order valence-electron chi connectivity index (χ2n) is 4.45. The number of ether oxygens (including phenoxy) is 1. The zero-order valence-corrected chi connectivity index (χ0v) is 13.8. The van der Waals surface area contributed by atoms with E-state index in [1.54, 1.807) is 18.4 Å². The van der Waals surface area contributed by atoms with Gasteiger partial charge in [0.25, 0.3) is 0 Å². The highest BCUT2D eigenvalue weighted by Crippen LogP contribution is 2.36. The first kappa shape index (κ1) is 14.7. The maximum atomic E-state index is 5.55. The summed E-state index contributed by atoms with van der Waals surface area (Å²) in [5.41, 5.74) is 2.21. The molecule has 0 aliphatic heterocycles. The summed E-state index contributed by atoms with van der Waals surface area (Å²) in [7, 11) is 1.76. The van der Waals surface area contributed by atoms with E-state index in [9.17, 15) is 0 Å². The van der Waals surface area contributed by atoms with Crippen molar-refractivity contribution in [1.29, 1.82) is 0 Å². The maximum absolute atomic E-state index is 5.55. The fourth-order valence-corrected chi connectivity index (χ4v) is 3.58. The van der Waals surface area contributed by atoms with Gasteiger partial charge in [-0.2, -0.15) is 0 Å². The summed E-state index contributed by atoms with van der Waals surface area (Å²) in [6.07, 6.45) is 2.23. The van der Waals surface area contributed by atoms with Crippen LogP contribution in [-0.4, -0.2) is 12.1 Å². The second kappa shape index (κ2) is 6.64. The Morgan fingerprint density at radius 2 is 2.11 bits per heavy atom. The van der Waals surface area contributed by atoms with Crippen molar-refractivity contribution in [3.63, 3.8) is 0 Å². The second-order valence-corrected chi connectivity index (χ2v) is 6.54. The molecule has 1 aromatic heterocycles. The van der Waals surface area contributed by atoms with E-state index in [1.807, 2.05) is 18.2 Å². The van der Waals surface area contributed by atoms with E-state index < -0.39 is 0 Å². The van der Waals surface area contributed by atoms with E-state index in [2.05, 4.69) is 35.8 Å². The minimum absolute atomic E-state index is 0.116. The van der Waals surface area contributed by atoms with E-state index in [1.165, 1.54) is 4.88 Å². The minimum Gasteiger partial charge on any atom is -0.374 e. The molecule has 1 heterocycles. The highest BCUT2D eigenvalue weighted by atomic mass is 79.9. The van der Waals surface area contributed by atoms with Crippen molar-refractivity contribution in [2.75, 3.05) is 7.11 Å². The number of aromatic nitrogens is 1. The molecule has 19 heavy (non-hydrogen) atoms. The van der Waals surface area contributed by atoms with Crippen molar-refractivity contribution in [2.45, 2.75) is 32.8 Å². The first-order valence-electron chi connectivity index (χ1n) is 6.42. The van der Waals surface area contributed by atoms with Crippen LogP contribution in [0.1, 0.15) is 35.8 Å². The third-order valence-electron chi connectivity index (χ3n) is 3.05. The van der Waals surface area contributed by atoms with Gasteiger partial charge in [-0.3, -0.25) is 0 Å². The van der Waals surface area contributed by atoms with Gasteiger partial charge in [0.15, 0.2) is 0 Å². The molecule has 2 nitrogen and oxygen atoms in total. The van der Waals surface area contributed by atoms with Crippen LogP contribution in [0.25, 0.3) is 11.3 Å². The number of thiazole rings is 1. The zero-order chi connectivity index (χ0) is 13.8. The normalized spacial score (nSPS) is 12.6. The number of nitrogens with zero attached hydrogens (tertiary/aromatic N) is 1. The number of rotatable bonds is 5. The number of halogens is 1. The number of methoxy groups -OCH3 is 1. The molecule has 0 aliphatic carbocycles. The first-order valence-corrected chi connectivity index (χ1v) is 8.03. The van der Waals surface area contributed by atoms with Gasteiger partial charge in [0.05, 0.1) is 5.69 Å². The van der Waals surface area contributed by atoms with Gasteiger partial charge < -0.3 is 4.74 Å². The zero-order valence-electron chi connectivity index (χ0n) is 11.4. The molecule has 0 saturated carbocycles. The molecule has 0 spiro atoms. The van der Waals surface area contributed by atoms with Crippen LogP contribution in [0.15, 0.2) is 28.7 Å². The summed E-state index contributed by atoms with van der Waals surface area (Å²) in [4.78, 5) is 6.03. The van der Waals surface area contributed by atoms with Crippen molar-refractivity contribution in [1.82, 2.24) is 4.98 Å². The third-order valence-corrected chi connectivity index (χ3v) is 4.81. The number of benzene rings is 1. The Balaban J connectivity index is 2.39. The highest BCUT2D eigenvalue weighted by Gasteiger charge is 2.18. The van der Waals surface area contributed by atoms with Gasteiger partial charge in [-0.25, -0.2) is 4.98 Å². The van der Waals surface area contributed by atoms with Gasteiger partial charge in [-0.15, -0.1) is 11.3 Å². The van der Waals surface area contributed by atoms with E-state index in [-0.39, 0.29) is 6.10 Å². The van der Waals surface area contributed by atoms with Crippen LogP contribution in [0.5, 0.6) is 0 Å². The lowest BCUT2D eigenvalue weighted by molar-refractivity contribution is 0.0948. The summed E-state index contributed by atoms with van der Waals surface area (Å²) in [6.45, 7) is 4.29. The summed E-state index contributed by atoms with van der Waals surface area (Å²) in [6, 6.07) is 8.20. The number of hydrogen-bond acceptors (Lipinski definition) is 3. The molecular formula is C15H18BrNOS. The fraction of sp³-hybridized carbons (Fsp3) is 0.400. The van der Waals surface area contributed by atoms with Crippen LogP contribution < -0.4 is 0 Å². The van der Waals surface area contributed by atoms with Crippen molar-refractivity contribution < 1.29 is 4.74 Å². The molecule has 102 valence electrons. The monoisotopic (exact) mass is 339 g/mol. The smallest absolute Gasteiger partial charge is 0.122 e. The van der Waals surface area contributed by atoms with Crippen LogP contribution in [0, 0.1) is 6.92 Å². The van der Waals surface area contributed by atoms with Gasteiger partial charge in [-0.05, 0) is 19.4 Å². The van der Waals surface area contributed by atoms with Crippen molar-refractivity contribution >= 4 is 27.3 Å². The average Bonchev–Trinajstić information content (AvgIpc) is 2.78. The van der Waals surface area contributed by atoms with Crippen molar-refractivity contribution in [2.24, 2.45) is 0 Å². The maximum Gasteiger partial charge on any atom is 0.122 e. The number of hydrogen-bond donors (Lipinski definition) is 0. The van der Waals surface area contributed by atoms with Gasteiger partial charge in [0.2, 0.25) is 0 Å². The standard InChI is InChI=1S/C15H18BrNOS/c1-4-7-13(18-3)15-17-14(10(2)19-15)11-8-5-6-9-12(11)16/h5-6,8-9,13H,4,7H2,1-3H3. The minimum atomic E-state index is 0.116. The lowest BCUT2D eigenvalue weighted by Gasteiger charge is -2.10. The molecule has 0 aliphatic rings. The SMILES string of the molecule is CCCC(OC)c1nc(-c2ccccc2Br)c(C)s1. The molecule has 0 N–H and O–H groups in total. The topological polar surface area (TPSA) is 22.1 Å². The molecule has 2 aromatic rings. The van der Waals surface area contributed by atoms with Gasteiger partial charge in [0.1, 0.15) is 11.1 Å². The van der Waals surface area contributed by atoms with Crippen LogP contribution in [-0.2, 0) is 4.74 Å². The molecule has 1 aromatic carbocycles. The largest absolute Gasteiger partial charge is 0.374 e. The molecule has 1 unspecified atom stereocenters. The summed E-state index contributed by atoms with van der Waals surface area (Å²) in [5, 5.41) is 1.08. The van der Waals surface area contributed by atoms with Gasteiger partial charge >= 0.3 is 0 Å². The molecule has 4 heteroatoms. The lowest BCUT2D eigenvalue weighted by Crippen LogP contribution is -2.00. The quantitative estimate of drug-likeness (QED) is 0.730. The molecule has 0 amide bonds. The van der Waals surface area contributed by atoms with E-state index in [0.29, 0.717) is 0 Å². The Kier molecular flexibility index (Phi) is 5.13. The van der Waals surface area contributed by atoms with E-state index >= 15 is 0 Å². The number of aryl methyl sites for hydroxylation is 1. The molecule has 0 fully saturated rings. The van der Waals surface area contributed by atoms with Gasteiger partial charge in [0, 0.05) is 22.0 Å². The summed E-state index contributed by atoms with van der Waals surface area (Å²) >= 11 is 5.33. The van der Waals surface area contributed by atoms with Crippen LogP contribution in [0.3, 0.4) is 0 Å². The molecule has 0 saturated heterocycles. The molecule has 2 rings (SSSR count). The molecule has 0 bridgehead atoms. The van der Waals surface area contributed by atoms with Crippen LogP contribution >= 0.6 is 27.3 Å². The van der Waals surface area contributed by atoms with Crippen molar-refractivity contribution in [3.8, 4) is 11.3 Å². The first-order chi connectivity index (χ1) is 9.17. The summed E-state index contributed by atoms with van der Waals surface area (Å²) < 4.78 is 6.63. The molecule has 1 atom stereocenters. The average molecular weight is 340 g/mol. The Labute approximate surface area is 127 Å².